The van der Waals surface area contributed by atoms with Crippen molar-refractivity contribution in [2.45, 2.75) is 13.1 Å². The molecule has 0 unspecified atom stereocenters. The molecule has 0 aliphatic rings. The van der Waals surface area contributed by atoms with Gasteiger partial charge in [0.2, 0.25) is 0 Å². The van der Waals surface area contributed by atoms with Gasteiger partial charge in [-0.15, -0.1) is 0 Å². The van der Waals surface area contributed by atoms with Crippen LogP contribution in [0.4, 0.5) is 18.9 Å². The van der Waals surface area contributed by atoms with Gasteiger partial charge < -0.3 is 10.1 Å². The molecule has 19 heavy (non-hydrogen) atoms. The molecule has 1 aromatic carbocycles. The van der Waals surface area contributed by atoms with Gasteiger partial charge in [0.25, 0.3) is 0 Å². The number of esters is 1. The molecule has 0 bridgehead atoms. The average molecular weight is 387 g/mol. The molecule has 0 fully saturated rings. The fraction of sp³-hybridized carbons (Fsp3) is 0.273. The van der Waals surface area contributed by atoms with Crippen molar-refractivity contribution in [3.8, 4) is 0 Å². The highest BCUT2D eigenvalue weighted by atomic mass is 127. The average Bonchev–Trinajstić information content (AvgIpc) is 2.30. The maximum Gasteiger partial charge on any atom is 0.471 e. The third kappa shape index (κ3) is 4.37. The molecule has 0 atom stereocenters. The van der Waals surface area contributed by atoms with E-state index in [-0.39, 0.29) is 17.9 Å². The van der Waals surface area contributed by atoms with Gasteiger partial charge in [-0.3, -0.25) is 4.79 Å². The van der Waals surface area contributed by atoms with Gasteiger partial charge in [-0.25, -0.2) is 4.79 Å². The van der Waals surface area contributed by atoms with Crippen LogP contribution in [-0.2, 0) is 9.53 Å². The molecule has 0 radical (unpaired) electrons. The molecule has 0 aliphatic heterocycles. The lowest BCUT2D eigenvalue weighted by atomic mass is 10.2. The van der Waals surface area contributed by atoms with Gasteiger partial charge in [0.15, 0.2) is 0 Å². The van der Waals surface area contributed by atoms with Crippen molar-refractivity contribution in [3.63, 3.8) is 0 Å². The maximum atomic E-state index is 12.1. The molecule has 104 valence electrons. The molecule has 0 spiro atoms. The van der Waals surface area contributed by atoms with Crippen molar-refractivity contribution in [2.24, 2.45) is 0 Å². The topological polar surface area (TPSA) is 55.4 Å². The first-order valence-corrected chi connectivity index (χ1v) is 6.18. The number of hydrogen-bond donors (Lipinski definition) is 1. The molecule has 0 saturated carbocycles. The van der Waals surface area contributed by atoms with Gasteiger partial charge in [-0.2, -0.15) is 13.2 Å². The lowest BCUT2D eigenvalue weighted by Crippen LogP contribution is -2.30. The molecule has 1 N–H and O–H groups in total. The number of anilines is 1. The summed E-state index contributed by atoms with van der Waals surface area (Å²) >= 11 is 1.72. The van der Waals surface area contributed by atoms with Gasteiger partial charge in [-0.05, 0) is 47.7 Å². The van der Waals surface area contributed by atoms with Crippen molar-refractivity contribution in [2.75, 3.05) is 11.9 Å². The van der Waals surface area contributed by atoms with E-state index in [0.29, 0.717) is 3.57 Å². The zero-order valence-electron chi connectivity index (χ0n) is 9.68. The molecule has 0 aliphatic carbocycles. The Morgan fingerprint density at radius 2 is 2.00 bits per heavy atom. The Hall–Kier alpha value is -1.32. The number of benzene rings is 1. The van der Waals surface area contributed by atoms with Crippen molar-refractivity contribution >= 4 is 40.2 Å². The molecule has 0 aromatic heterocycles. The van der Waals surface area contributed by atoms with Crippen molar-refractivity contribution in [3.05, 3.63) is 27.3 Å². The van der Waals surface area contributed by atoms with Gasteiger partial charge in [0.05, 0.1) is 17.9 Å². The van der Waals surface area contributed by atoms with Crippen molar-refractivity contribution in [1.82, 2.24) is 0 Å². The number of amides is 1. The number of halogens is 4. The Kier molecular flexibility index (Phi) is 5.15. The molecular weight excluding hydrogens is 378 g/mol. The van der Waals surface area contributed by atoms with E-state index in [1.165, 1.54) is 18.2 Å². The number of ether oxygens (including phenoxy) is 1. The predicted molar refractivity (Wildman–Crippen MR) is 69.8 cm³/mol. The van der Waals surface area contributed by atoms with Crippen LogP contribution in [0.1, 0.15) is 17.3 Å². The van der Waals surface area contributed by atoms with Crippen LogP contribution < -0.4 is 5.32 Å². The largest absolute Gasteiger partial charge is 0.471 e. The maximum absolute atomic E-state index is 12.1. The molecule has 1 aromatic rings. The van der Waals surface area contributed by atoms with Crippen LogP contribution in [0.3, 0.4) is 0 Å². The molecule has 8 heteroatoms. The summed E-state index contributed by atoms with van der Waals surface area (Å²) < 4.78 is 41.3. The molecule has 0 saturated heterocycles. The first-order valence-electron chi connectivity index (χ1n) is 5.10. The Bertz CT molecular complexity index is 502. The summed E-state index contributed by atoms with van der Waals surface area (Å²) in [6, 6.07) is 3.84. The van der Waals surface area contributed by atoms with Gasteiger partial charge >= 0.3 is 18.1 Å². The van der Waals surface area contributed by atoms with Crippen LogP contribution in [-0.4, -0.2) is 24.7 Å². The number of rotatable bonds is 3. The number of alkyl halides is 3. The van der Waals surface area contributed by atoms with E-state index >= 15 is 0 Å². The second-order valence-corrected chi connectivity index (χ2v) is 4.53. The zero-order chi connectivity index (χ0) is 14.6. The van der Waals surface area contributed by atoms with E-state index in [0.717, 1.165) is 0 Å². The Morgan fingerprint density at radius 1 is 1.37 bits per heavy atom. The summed E-state index contributed by atoms with van der Waals surface area (Å²) in [5.41, 5.74) is 0.187. The van der Waals surface area contributed by atoms with Crippen LogP contribution in [0.2, 0.25) is 0 Å². The number of carbonyl (C=O) groups is 2. The number of nitrogens with one attached hydrogen (secondary N) is 1. The number of carbonyl (C=O) groups excluding carboxylic acids is 2. The summed E-state index contributed by atoms with van der Waals surface area (Å²) in [5.74, 6) is -2.64. The minimum absolute atomic E-state index is 0.0176. The highest BCUT2D eigenvalue weighted by Crippen LogP contribution is 2.23. The Labute approximate surface area is 120 Å². The molecule has 4 nitrogen and oxygen atoms in total. The predicted octanol–water partition coefficient (Wildman–Crippen LogP) is 2.97. The van der Waals surface area contributed by atoms with E-state index in [9.17, 15) is 22.8 Å². The van der Waals surface area contributed by atoms with E-state index in [1.807, 2.05) is 0 Å². The Morgan fingerprint density at radius 3 is 2.47 bits per heavy atom. The third-order valence-electron chi connectivity index (χ3n) is 1.99. The van der Waals surface area contributed by atoms with Crippen LogP contribution >= 0.6 is 22.6 Å². The summed E-state index contributed by atoms with van der Waals surface area (Å²) in [7, 11) is 0. The van der Waals surface area contributed by atoms with E-state index in [2.05, 4.69) is 0 Å². The summed E-state index contributed by atoms with van der Waals surface area (Å²) in [5, 5.41) is 1.72. The smallest absolute Gasteiger partial charge is 0.462 e. The van der Waals surface area contributed by atoms with Crippen LogP contribution in [0.15, 0.2) is 18.2 Å². The summed E-state index contributed by atoms with van der Waals surface area (Å²) in [4.78, 5) is 22.2. The quantitative estimate of drug-likeness (QED) is 0.641. The molecule has 0 heterocycles. The highest BCUT2D eigenvalue weighted by molar-refractivity contribution is 14.1. The summed E-state index contributed by atoms with van der Waals surface area (Å²) in [6.45, 7) is 1.84. The monoisotopic (exact) mass is 387 g/mol. The fourth-order valence-corrected chi connectivity index (χ4v) is 1.80. The number of hydrogen-bond acceptors (Lipinski definition) is 3. The Balaban J connectivity index is 2.89. The van der Waals surface area contributed by atoms with Crippen LogP contribution in [0, 0.1) is 3.57 Å². The highest BCUT2D eigenvalue weighted by Gasteiger charge is 2.38. The molecule has 1 amide bonds. The van der Waals surface area contributed by atoms with E-state index in [1.54, 1.807) is 34.8 Å². The second kappa shape index (κ2) is 6.22. The van der Waals surface area contributed by atoms with Gasteiger partial charge in [-0.1, -0.05) is 0 Å². The van der Waals surface area contributed by atoms with E-state index < -0.39 is 18.1 Å². The SMILES string of the molecule is CCOC(=O)c1ccc(NC(=O)C(F)(F)F)c(I)c1. The molecule has 1 rings (SSSR count). The molecular formula is C11H9F3INO3. The minimum atomic E-state index is -4.96. The summed E-state index contributed by atoms with van der Waals surface area (Å²) in [6.07, 6.45) is -4.96. The second-order valence-electron chi connectivity index (χ2n) is 3.37. The van der Waals surface area contributed by atoms with E-state index in [4.69, 9.17) is 4.74 Å². The first kappa shape index (κ1) is 15.7. The fourth-order valence-electron chi connectivity index (χ4n) is 1.15. The van der Waals surface area contributed by atoms with Crippen LogP contribution in [0.5, 0.6) is 0 Å². The lowest BCUT2D eigenvalue weighted by Gasteiger charge is -2.10. The normalized spacial score (nSPS) is 11.0. The van der Waals surface area contributed by atoms with Gasteiger partial charge in [0.1, 0.15) is 0 Å². The van der Waals surface area contributed by atoms with Gasteiger partial charge in [0, 0.05) is 3.57 Å². The minimum Gasteiger partial charge on any atom is -0.462 e. The lowest BCUT2D eigenvalue weighted by molar-refractivity contribution is -0.167. The first-order chi connectivity index (χ1) is 8.75. The third-order valence-corrected chi connectivity index (χ3v) is 2.88. The van der Waals surface area contributed by atoms with Crippen molar-refractivity contribution < 1.29 is 27.5 Å². The standard InChI is InChI=1S/C11H9F3INO3/c1-2-19-9(17)6-3-4-8(7(15)5-6)16-10(18)11(12,13)14/h3-5H,2H2,1H3,(H,16,18). The van der Waals surface area contributed by atoms with Crippen LogP contribution in [0.25, 0.3) is 0 Å². The zero-order valence-corrected chi connectivity index (χ0v) is 11.8. The van der Waals surface area contributed by atoms with Crippen molar-refractivity contribution in [1.29, 1.82) is 0 Å².